The molecule has 0 spiro atoms. The third kappa shape index (κ3) is 5.21. The summed E-state index contributed by atoms with van der Waals surface area (Å²) in [5, 5.41) is 0. The lowest BCUT2D eigenvalue weighted by molar-refractivity contribution is -0.671. The first-order valence-electron chi connectivity index (χ1n) is 7.73. The Morgan fingerprint density at radius 2 is 1.23 bits per heavy atom. The summed E-state index contributed by atoms with van der Waals surface area (Å²) in [4.78, 5) is 0. The van der Waals surface area contributed by atoms with Gasteiger partial charge in [0, 0.05) is 11.8 Å². The van der Waals surface area contributed by atoms with Crippen molar-refractivity contribution in [1.29, 1.82) is 0 Å². The van der Waals surface area contributed by atoms with Gasteiger partial charge in [-0.15, -0.1) is 0 Å². The number of halogens is 2. The van der Waals surface area contributed by atoms with Crippen molar-refractivity contribution in [3.63, 3.8) is 0 Å². The molecule has 1 fully saturated rings. The van der Waals surface area contributed by atoms with Crippen LogP contribution in [0.5, 0.6) is 0 Å². The second-order valence-corrected chi connectivity index (χ2v) is 6.36. The summed E-state index contributed by atoms with van der Waals surface area (Å²) in [7, 11) is 4.18. The Hall–Kier alpha value is -0.120. The molecule has 2 atom stereocenters. The number of hydrogen-bond donors (Lipinski definition) is 0. The highest BCUT2D eigenvalue weighted by molar-refractivity contribution is 4.80. The van der Waals surface area contributed by atoms with E-state index in [4.69, 9.17) is 0 Å². The predicted molar refractivity (Wildman–Crippen MR) is 76.7 cm³/mol. The highest BCUT2D eigenvalue weighted by Crippen LogP contribution is 2.32. The van der Waals surface area contributed by atoms with E-state index in [-0.39, 0.29) is 48.0 Å². The van der Waals surface area contributed by atoms with E-state index in [1.807, 2.05) is 0 Å². The first-order valence-corrected chi connectivity index (χ1v) is 7.73. The van der Waals surface area contributed by atoms with Crippen molar-refractivity contribution >= 4 is 0 Å². The van der Waals surface area contributed by atoms with Gasteiger partial charge in [-0.1, -0.05) is 12.8 Å². The Balaban J connectivity index is 0.00000121. The van der Waals surface area contributed by atoms with Crippen molar-refractivity contribution in [3.8, 4) is 0 Å². The van der Waals surface area contributed by atoms with E-state index in [2.05, 4.69) is 69.8 Å². The molecule has 4 nitrogen and oxygen atoms in total. The van der Waals surface area contributed by atoms with Crippen LogP contribution in [0, 0.1) is 11.8 Å². The molecule has 124 valence electrons. The summed E-state index contributed by atoms with van der Waals surface area (Å²) in [6.45, 7) is 2.33. The zero-order chi connectivity index (χ0) is 13.9. The van der Waals surface area contributed by atoms with Crippen LogP contribution < -0.4 is 57.1 Å². The first kappa shape index (κ1) is 19.9. The fourth-order valence-electron chi connectivity index (χ4n) is 3.53. The summed E-state index contributed by atoms with van der Waals surface area (Å²) >= 11 is 0. The Kier molecular flexibility index (Phi) is 8.37. The zero-order valence-corrected chi connectivity index (χ0v) is 17.7. The van der Waals surface area contributed by atoms with Crippen LogP contribution in [0.2, 0.25) is 0 Å². The van der Waals surface area contributed by atoms with E-state index in [1.165, 1.54) is 38.8 Å². The van der Waals surface area contributed by atoms with Crippen LogP contribution in [-0.2, 0) is 27.2 Å². The highest BCUT2D eigenvalue weighted by atomic mass is 127. The number of rotatable bonds is 4. The van der Waals surface area contributed by atoms with E-state index in [0.29, 0.717) is 0 Å². The fourth-order valence-corrected chi connectivity index (χ4v) is 3.53. The minimum Gasteiger partial charge on any atom is -1.00 e. The van der Waals surface area contributed by atoms with E-state index in [9.17, 15) is 0 Å². The van der Waals surface area contributed by atoms with E-state index in [0.717, 1.165) is 11.8 Å². The van der Waals surface area contributed by atoms with Gasteiger partial charge in [0.1, 0.15) is 24.8 Å². The number of imidazole rings is 2. The molecule has 0 N–H and O–H groups in total. The molecular weight excluding hydrogens is 502 g/mol. The quantitative estimate of drug-likeness (QED) is 0.282. The van der Waals surface area contributed by atoms with Gasteiger partial charge >= 0.3 is 0 Å². The molecule has 0 amide bonds. The van der Waals surface area contributed by atoms with Gasteiger partial charge in [0.25, 0.3) is 0 Å². The maximum atomic E-state index is 2.35. The molecule has 0 radical (unpaired) electrons. The second kappa shape index (κ2) is 9.24. The molecule has 0 bridgehead atoms. The van der Waals surface area contributed by atoms with Gasteiger partial charge in [0.15, 0.2) is 0 Å². The van der Waals surface area contributed by atoms with Crippen LogP contribution in [-0.4, -0.2) is 9.13 Å². The fraction of sp³-hybridized carbons (Fsp3) is 0.625. The molecule has 2 unspecified atom stereocenters. The van der Waals surface area contributed by atoms with E-state index in [1.54, 1.807) is 0 Å². The van der Waals surface area contributed by atoms with Gasteiger partial charge in [0.2, 0.25) is 12.7 Å². The molecular formula is C16H26I2N4. The summed E-state index contributed by atoms with van der Waals surface area (Å²) < 4.78 is 8.95. The van der Waals surface area contributed by atoms with Crippen LogP contribution in [0.25, 0.3) is 0 Å². The Morgan fingerprint density at radius 3 is 1.55 bits per heavy atom. The molecule has 0 saturated heterocycles. The van der Waals surface area contributed by atoms with Gasteiger partial charge in [0.05, 0.1) is 27.2 Å². The van der Waals surface area contributed by atoms with Crippen LogP contribution in [0.15, 0.2) is 37.4 Å². The summed E-state index contributed by atoms with van der Waals surface area (Å²) in [6.07, 6.45) is 18.6. The smallest absolute Gasteiger partial charge is 0.243 e. The molecule has 2 aromatic heterocycles. The van der Waals surface area contributed by atoms with Gasteiger partial charge < -0.3 is 48.0 Å². The summed E-state index contributed by atoms with van der Waals surface area (Å²) in [5.41, 5.74) is 0. The van der Waals surface area contributed by atoms with Gasteiger partial charge in [-0.05, 0) is 12.8 Å². The van der Waals surface area contributed by atoms with Crippen LogP contribution >= 0.6 is 0 Å². The van der Waals surface area contributed by atoms with Crippen molar-refractivity contribution in [2.75, 3.05) is 0 Å². The lowest BCUT2D eigenvalue weighted by Crippen LogP contribution is -3.00. The Morgan fingerprint density at radius 1 is 0.818 bits per heavy atom. The molecule has 3 rings (SSSR count). The average Bonchev–Trinajstić information content (AvgIpc) is 3.01. The predicted octanol–water partition coefficient (Wildman–Crippen LogP) is -4.55. The van der Waals surface area contributed by atoms with E-state index < -0.39 is 0 Å². The van der Waals surface area contributed by atoms with Crippen LogP contribution in [0.3, 0.4) is 0 Å². The SMILES string of the molecule is C[n+]1ccn(CC2CCCCC2Cn2cc[n+](C)c2)c1.[I-].[I-]. The van der Waals surface area contributed by atoms with Gasteiger partial charge in [-0.3, -0.25) is 0 Å². The monoisotopic (exact) mass is 528 g/mol. The Labute approximate surface area is 167 Å². The molecule has 0 aromatic carbocycles. The molecule has 22 heavy (non-hydrogen) atoms. The van der Waals surface area contributed by atoms with Gasteiger partial charge in [-0.25, -0.2) is 18.3 Å². The minimum atomic E-state index is 0. The summed E-state index contributed by atoms with van der Waals surface area (Å²) in [6, 6.07) is 0. The minimum absolute atomic E-state index is 0. The molecule has 1 saturated carbocycles. The van der Waals surface area contributed by atoms with Crippen molar-refractivity contribution in [2.24, 2.45) is 25.9 Å². The lowest BCUT2D eigenvalue weighted by atomic mass is 9.79. The highest BCUT2D eigenvalue weighted by Gasteiger charge is 2.28. The molecule has 2 aromatic rings. The maximum absolute atomic E-state index is 2.35. The largest absolute Gasteiger partial charge is 1.00 e. The van der Waals surface area contributed by atoms with Gasteiger partial charge in [-0.2, -0.15) is 0 Å². The topological polar surface area (TPSA) is 17.6 Å². The van der Waals surface area contributed by atoms with Crippen molar-refractivity contribution in [2.45, 2.75) is 38.8 Å². The normalized spacial score (nSPS) is 21.0. The molecule has 1 aliphatic carbocycles. The lowest BCUT2D eigenvalue weighted by Gasteiger charge is -2.29. The van der Waals surface area contributed by atoms with Crippen LogP contribution in [0.1, 0.15) is 25.7 Å². The zero-order valence-electron chi connectivity index (χ0n) is 13.4. The number of nitrogens with zero attached hydrogens (tertiary/aromatic N) is 4. The summed E-state index contributed by atoms with van der Waals surface area (Å²) in [5.74, 6) is 1.62. The number of aryl methyl sites for hydroxylation is 2. The first-order chi connectivity index (χ1) is 9.70. The maximum Gasteiger partial charge on any atom is 0.243 e. The molecule has 0 aliphatic heterocycles. The van der Waals surface area contributed by atoms with Crippen molar-refractivity contribution < 1.29 is 57.1 Å². The molecule has 1 aliphatic rings. The standard InChI is InChI=1S/C16H26N4.2HI/c1-17-7-9-19(13-17)11-15-5-3-4-6-16(15)12-20-10-8-18(2)14-20;;/h7-10,13-16H,3-6,11-12H2,1-2H3;2*1H/q+2;;/p-2. The molecule has 2 heterocycles. The number of aromatic nitrogens is 4. The van der Waals surface area contributed by atoms with Crippen LogP contribution in [0.4, 0.5) is 0 Å². The second-order valence-electron chi connectivity index (χ2n) is 6.36. The van der Waals surface area contributed by atoms with Crippen molar-refractivity contribution in [1.82, 2.24) is 9.13 Å². The average molecular weight is 528 g/mol. The third-order valence-corrected chi connectivity index (χ3v) is 4.60. The van der Waals surface area contributed by atoms with Crippen molar-refractivity contribution in [3.05, 3.63) is 37.4 Å². The molecule has 6 heteroatoms. The number of hydrogen-bond acceptors (Lipinski definition) is 0. The Bertz CT molecular complexity index is 514. The van der Waals surface area contributed by atoms with E-state index >= 15 is 0 Å². The third-order valence-electron chi connectivity index (χ3n) is 4.60.